The predicted molar refractivity (Wildman–Crippen MR) is 67.2 cm³/mol. The number of anilines is 2. The molecule has 0 saturated carbocycles. The summed E-state index contributed by atoms with van der Waals surface area (Å²) in [4.78, 5) is 6.23. The highest BCUT2D eigenvalue weighted by molar-refractivity contribution is 5.70. The molecule has 6 nitrogen and oxygen atoms in total. The lowest BCUT2D eigenvalue weighted by molar-refractivity contribution is -0.00461. The normalized spacial score (nSPS) is 23.1. The van der Waals surface area contributed by atoms with Crippen molar-refractivity contribution < 1.29 is 9.47 Å². The van der Waals surface area contributed by atoms with Crippen LogP contribution in [0.3, 0.4) is 0 Å². The van der Waals surface area contributed by atoms with Crippen molar-refractivity contribution in [2.24, 2.45) is 0 Å². The molecule has 1 saturated heterocycles. The Bertz CT molecular complexity index is 460. The molecule has 0 spiro atoms. The molecule has 1 aliphatic heterocycles. The molecular formula is C12H16N4O2. The summed E-state index contributed by atoms with van der Waals surface area (Å²) >= 11 is 0. The Balaban J connectivity index is 2.26. The van der Waals surface area contributed by atoms with Crippen molar-refractivity contribution in [3.8, 4) is 6.07 Å². The van der Waals surface area contributed by atoms with E-state index >= 15 is 0 Å². The van der Waals surface area contributed by atoms with Crippen LogP contribution in [0, 0.1) is 11.3 Å². The number of rotatable bonds is 3. The lowest BCUT2D eigenvalue weighted by atomic mass is 10.2. The average molecular weight is 248 g/mol. The van der Waals surface area contributed by atoms with Gasteiger partial charge in [-0.15, -0.1) is 0 Å². The van der Waals surface area contributed by atoms with E-state index in [1.807, 2.05) is 4.90 Å². The molecule has 0 bridgehead atoms. The van der Waals surface area contributed by atoms with Crippen molar-refractivity contribution in [3.05, 3.63) is 17.8 Å². The van der Waals surface area contributed by atoms with Gasteiger partial charge in [-0.25, -0.2) is 4.98 Å². The summed E-state index contributed by atoms with van der Waals surface area (Å²) in [7, 11) is 3.31. The Hall–Kier alpha value is -1.84. The van der Waals surface area contributed by atoms with E-state index in [2.05, 4.69) is 11.1 Å². The van der Waals surface area contributed by atoms with E-state index in [-0.39, 0.29) is 12.2 Å². The van der Waals surface area contributed by atoms with Gasteiger partial charge >= 0.3 is 0 Å². The van der Waals surface area contributed by atoms with Crippen molar-refractivity contribution in [3.63, 3.8) is 0 Å². The second-order valence-electron chi connectivity index (χ2n) is 4.16. The molecule has 0 aromatic carbocycles. The molecule has 2 N–H and O–H groups in total. The number of hydrogen-bond acceptors (Lipinski definition) is 6. The Kier molecular flexibility index (Phi) is 3.65. The maximum atomic E-state index is 8.96. The van der Waals surface area contributed by atoms with E-state index in [1.165, 1.54) is 0 Å². The fourth-order valence-electron chi connectivity index (χ4n) is 2.18. The van der Waals surface area contributed by atoms with Crippen molar-refractivity contribution in [1.29, 1.82) is 5.26 Å². The number of methoxy groups -OCH3 is 2. The third-order valence-corrected chi connectivity index (χ3v) is 3.21. The molecule has 6 heteroatoms. The third-order valence-electron chi connectivity index (χ3n) is 3.21. The van der Waals surface area contributed by atoms with Crippen LogP contribution in [0.5, 0.6) is 0 Å². The first-order valence-corrected chi connectivity index (χ1v) is 5.66. The summed E-state index contributed by atoms with van der Waals surface area (Å²) in [5, 5.41) is 8.96. The summed E-state index contributed by atoms with van der Waals surface area (Å²) in [6, 6.07) is 3.66. The number of nitriles is 1. The van der Waals surface area contributed by atoms with E-state index < -0.39 is 0 Å². The van der Waals surface area contributed by atoms with Crippen LogP contribution in [0.25, 0.3) is 0 Å². The van der Waals surface area contributed by atoms with E-state index in [4.69, 9.17) is 20.5 Å². The van der Waals surface area contributed by atoms with Gasteiger partial charge in [0.2, 0.25) is 0 Å². The van der Waals surface area contributed by atoms with Gasteiger partial charge in [-0.1, -0.05) is 0 Å². The first kappa shape index (κ1) is 12.6. The molecule has 0 aliphatic carbocycles. The summed E-state index contributed by atoms with van der Waals surface area (Å²) < 4.78 is 10.7. The van der Waals surface area contributed by atoms with Crippen molar-refractivity contribution in [1.82, 2.24) is 4.98 Å². The standard InChI is InChI=1S/C12H16N4O2/c1-17-9-6-16(7-10(9)18-2)12-11(14)8(5-13)3-4-15-12/h3-4,9-10H,6-7,14H2,1-2H3. The smallest absolute Gasteiger partial charge is 0.153 e. The maximum absolute atomic E-state index is 8.96. The van der Waals surface area contributed by atoms with Crippen LogP contribution in [-0.4, -0.2) is 44.5 Å². The first-order valence-electron chi connectivity index (χ1n) is 5.66. The second-order valence-corrected chi connectivity index (χ2v) is 4.16. The Morgan fingerprint density at radius 1 is 1.39 bits per heavy atom. The van der Waals surface area contributed by atoms with E-state index in [0.29, 0.717) is 30.2 Å². The van der Waals surface area contributed by atoms with Gasteiger partial charge in [-0.05, 0) is 6.07 Å². The predicted octanol–water partition coefficient (Wildman–Crippen LogP) is 0.385. The minimum absolute atomic E-state index is 0.0121. The van der Waals surface area contributed by atoms with Gasteiger partial charge in [0, 0.05) is 33.5 Å². The van der Waals surface area contributed by atoms with Crippen LogP contribution in [0.2, 0.25) is 0 Å². The van der Waals surface area contributed by atoms with Crippen LogP contribution in [0.4, 0.5) is 11.5 Å². The zero-order valence-corrected chi connectivity index (χ0v) is 10.5. The fourth-order valence-corrected chi connectivity index (χ4v) is 2.18. The third kappa shape index (κ3) is 2.10. The molecule has 1 aromatic heterocycles. The lowest BCUT2D eigenvalue weighted by Gasteiger charge is -2.18. The summed E-state index contributed by atoms with van der Waals surface area (Å²) in [5.41, 5.74) is 6.79. The Morgan fingerprint density at radius 3 is 2.50 bits per heavy atom. The molecule has 2 atom stereocenters. The zero-order valence-electron chi connectivity index (χ0n) is 10.5. The molecule has 2 rings (SSSR count). The van der Waals surface area contributed by atoms with Crippen LogP contribution in [0.15, 0.2) is 12.3 Å². The number of nitrogens with two attached hydrogens (primary N) is 1. The number of nitrogen functional groups attached to an aromatic ring is 1. The zero-order chi connectivity index (χ0) is 13.1. The van der Waals surface area contributed by atoms with Crippen molar-refractivity contribution in [2.45, 2.75) is 12.2 Å². The maximum Gasteiger partial charge on any atom is 0.153 e. The van der Waals surface area contributed by atoms with E-state index in [1.54, 1.807) is 26.5 Å². The molecule has 2 unspecified atom stereocenters. The molecule has 1 aliphatic rings. The number of ether oxygens (including phenoxy) is 2. The van der Waals surface area contributed by atoms with Gasteiger partial charge in [0.1, 0.15) is 18.3 Å². The average Bonchev–Trinajstić information content (AvgIpc) is 2.82. The van der Waals surface area contributed by atoms with Crippen LogP contribution in [-0.2, 0) is 9.47 Å². The molecule has 18 heavy (non-hydrogen) atoms. The molecule has 1 aromatic rings. The van der Waals surface area contributed by atoms with E-state index in [0.717, 1.165) is 0 Å². The van der Waals surface area contributed by atoms with Gasteiger partial charge in [-0.3, -0.25) is 0 Å². The highest BCUT2D eigenvalue weighted by atomic mass is 16.5. The van der Waals surface area contributed by atoms with Gasteiger partial charge < -0.3 is 20.1 Å². The summed E-state index contributed by atoms with van der Waals surface area (Å²) in [6.45, 7) is 1.31. The largest absolute Gasteiger partial charge is 0.395 e. The monoisotopic (exact) mass is 248 g/mol. The SMILES string of the molecule is COC1CN(c2nccc(C#N)c2N)CC1OC. The first-order chi connectivity index (χ1) is 8.71. The van der Waals surface area contributed by atoms with Gasteiger partial charge in [0.15, 0.2) is 5.82 Å². The highest BCUT2D eigenvalue weighted by Crippen LogP contribution is 2.28. The highest BCUT2D eigenvalue weighted by Gasteiger charge is 2.34. The van der Waals surface area contributed by atoms with Gasteiger partial charge in [0.25, 0.3) is 0 Å². The van der Waals surface area contributed by atoms with Gasteiger partial charge in [0.05, 0.1) is 11.3 Å². The fraction of sp³-hybridized carbons (Fsp3) is 0.500. The van der Waals surface area contributed by atoms with Crippen LogP contribution >= 0.6 is 0 Å². The lowest BCUT2D eigenvalue weighted by Crippen LogP contribution is -2.27. The Labute approximate surface area is 106 Å². The van der Waals surface area contributed by atoms with Crippen LogP contribution in [0.1, 0.15) is 5.56 Å². The number of nitrogens with zero attached hydrogens (tertiary/aromatic N) is 3. The van der Waals surface area contributed by atoms with Gasteiger partial charge in [-0.2, -0.15) is 5.26 Å². The van der Waals surface area contributed by atoms with E-state index in [9.17, 15) is 0 Å². The quantitative estimate of drug-likeness (QED) is 0.832. The summed E-state index contributed by atoms with van der Waals surface area (Å²) in [5.74, 6) is 0.621. The molecular weight excluding hydrogens is 232 g/mol. The van der Waals surface area contributed by atoms with Crippen molar-refractivity contribution in [2.75, 3.05) is 37.9 Å². The molecule has 1 fully saturated rings. The second kappa shape index (κ2) is 5.21. The van der Waals surface area contributed by atoms with Crippen LogP contribution < -0.4 is 10.6 Å². The molecule has 0 amide bonds. The number of pyridine rings is 1. The Morgan fingerprint density at radius 2 is 2.00 bits per heavy atom. The molecule has 96 valence electrons. The van der Waals surface area contributed by atoms with Crippen molar-refractivity contribution >= 4 is 11.5 Å². The molecule has 0 radical (unpaired) electrons. The minimum atomic E-state index is -0.0121. The molecule has 2 heterocycles. The minimum Gasteiger partial charge on any atom is -0.395 e. The number of aromatic nitrogens is 1. The topological polar surface area (TPSA) is 84.4 Å². The summed E-state index contributed by atoms with van der Waals surface area (Å²) in [6.07, 6.45) is 1.57. The number of hydrogen-bond donors (Lipinski definition) is 1.